The summed E-state index contributed by atoms with van der Waals surface area (Å²) in [5.41, 5.74) is 0. The van der Waals surface area contributed by atoms with Crippen molar-refractivity contribution in [3.63, 3.8) is 0 Å². The van der Waals surface area contributed by atoms with Crippen molar-refractivity contribution in [2.75, 3.05) is 31.2 Å². The van der Waals surface area contributed by atoms with Gasteiger partial charge in [0, 0.05) is 25.4 Å². The molecule has 0 fully saturated rings. The van der Waals surface area contributed by atoms with Gasteiger partial charge < -0.3 is 15.5 Å². The molecule has 0 aliphatic carbocycles. The van der Waals surface area contributed by atoms with E-state index in [0.29, 0.717) is 6.54 Å². The maximum absolute atomic E-state index is 10.1. The molecule has 0 bridgehead atoms. The maximum Gasteiger partial charge on any atom is 0.304 e. The number of aliphatic hydroxyl groups excluding tert-OH is 1. The van der Waals surface area contributed by atoms with Crippen molar-refractivity contribution in [2.24, 2.45) is 0 Å². The van der Waals surface area contributed by atoms with E-state index < -0.39 is 5.97 Å². The Morgan fingerprint density at radius 2 is 2.08 bits per heavy atom. The summed E-state index contributed by atoms with van der Waals surface area (Å²) in [7, 11) is 0. The third-order valence-electron chi connectivity index (χ3n) is 1.39. The Morgan fingerprint density at radius 1 is 1.31 bits per heavy atom. The van der Waals surface area contributed by atoms with Gasteiger partial charge in [-0.1, -0.05) is 0 Å². The summed E-state index contributed by atoms with van der Waals surface area (Å²) in [5, 5.41) is 19.8. The highest BCUT2D eigenvalue weighted by Crippen LogP contribution is 1.99. The molecule has 0 aromatic carbocycles. The van der Waals surface area contributed by atoms with E-state index in [0.717, 1.165) is 24.5 Å². The van der Waals surface area contributed by atoms with Gasteiger partial charge in [0.15, 0.2) is 0 Å². The smallest absolute Gasteiger partial charge is 0.304 e. The maximum atomic E-state index is 10.1. The minimum Gasteiger partial charge on any atom is -0.481 e. The van der Waals surface area contributed by atoms with E-state index in [9.17, 15) is 4.79 Å². The fraction of sp³-hybridized carbons (Fsp3) is 0.875. The molecule has 5 heteroatoms. The van der Waals surface area contributed by atoms with Crippen molar-refractivity contribution in [2.45, 2.75) is 12.8 Å². The standard InChI is InChI=1S/C8H17NO3S/c10-5-1-6-13-7-4-9-3-2-8(11)12/h9-10H,1-7H2,(H,11,12). The lowest BCUT2D eigenvalue weighted by molar-refractivity contribution is -0.136. The highest BCUT2D eigenvalue weighted by Gasteiger charge is 1.94. The van der Waals surface area contributed by atoms with Gasteiger partial charge in [-0.05, 0) is 12.2 Å². The van der Waals surface area contributed by atoms with Gasteiger partial charge in [-0.15, -0.1) is 0 Å². The summed E-state index contributed by atoms with van der Waals surface area (Å²) in [6.07, 6.45) is 1.01. The second kappa shape index (κ2) is 9.83. The van der Waals surface area contributed by atoms with Crippen LogP contribution in [0.2, 0.25) is 0 Å². The van der Waals surface area contributed by atoms with Crippen molar-refractivity contribution in [3.8, 4) is 0 Å². The van der Waals surface area contributed by atoms with Gasteiger partial charge in [-0.25, -0.2) is 0 Å². The van der Waals surface area contributed by atoms with Crippen molar-refractivity contribution < 1.29 is 15.0 Å². The summed E-state index contributed by atoms with van der Waals surface area (Å²) in [4.78, 5) is 10.1. The van der Waals surface area contributed by atoms with Crippen LogP contribution in [0.4, 0.5) is 0 Å². The Labute approximate surface area is 82.7 Å². The number of aliphatic carboxylic acids is 1. The van der Waals surface area contributed by atoms with Crippen LogP contribution in [0.5, 0.6) is 0 Å². The first kappa shape index (κ1) is 12.7. The lowest BCUT2D eigenvalue weighted by Gasteiger charge is -2.02. The molecule has 4 nitrogen and oxygen atoms in total. The number of aliphatic hydroxyl groups is 1. The molecule has 0 spiro atoms. The first-order valence-corrected chi connectivity index (χ1v) is 5.54. The average molecular weight is 207 g/mol. The number of carboxylic acids is 1. The highest BCUT2D eigenvalue weighted by atomic mass is 32.2. The largest absolute Gasteiger partial charge is 0.481 e. The van der Waals surface area contributed by atoms with Gasteiger partial charge >= 0.3 is 5.97 Å². The van der Waals surface area contributed by atoms with E-state index in [-0.39, 0.29) is 13.0 Å². The molecule has 13 heavy (non-hydrogen) atoms. The lowest BCUT2D eigenvalue weighted by Crippen LogP contribution is -2.20. The third kappa shape index (κ3) is 11.7. The van der Waals surface area contributed by atoms with Crippen LogP contribution in [0.25, 0.3) is 0 Å². The first-order valence-electron chi connectivity index (χ1n) is 4.38. The van der Waals surface area contributed by atoms with Crippen LogP contribution in [0.15, 0.2) is 0 Å². The summed E-state index contributed by atoms with van der Waals surface area (Å²) in [6.45, 7) is 1.62. The molecule has 0 atom stereocenters. The Kier molecular flexibility index (Phi) is 9.63. The van der Waals surface area contributed by atoms with Crippen LogP contribution in [0.1, 0.15) is 12.8 Å². The van der Waals surface area contributed by atoms with Crippen molar-refractivity contribution >= 4 is 17.7 Å². The number of carbonyl (C=O) groups is 1. The molecule has 0 amide bonds. The number of thioether (sulfide) groups is 1. The van der Waals surface area contributed by atoms with E-state index in [1.165, 1.54) is 0 Å². The zero-order chi connectivity index (χ0) is 9.94. The Bertz CT molecular complexity index is 133. The number of hydrogen-bond donors (Lipinski definition) is 3. The summed E-state index contributed by atoms with van der Waals surface area (Å²) in [6, 6.07) is 0. The van der Waals surface area contributed by atoms with Gasteiger partial charge in [0.1, 0.15) is 0 Å². The minimum atomic E-state index is -0.763. The van der Waals surface area contributed by atoms with Crippen molar-refractivity contribution in [1.82, 2.24) is 5.32 Å². The Balaban J connectivity index is 2.87. The Hall–Kier alpha value is -0.260. The number of nitrogens with one attached hydrogen (secondary N) is 1. The van der Waals surface area contributed by atoms with E-state index >= 15 is 0 Å². The fourth-order valence-electron chi connectivity index (χ4n) is 0.733. The van der Waals surface area contributed by atoms with E-state index in [2.05, 4.69) is 5.32 Å². The second-order valence-electron chi connectivity index (χ2n) is 2.58. The number of hydrogen-bond acceptors (Lipinski definition) is 4. The molecule has 0 heterocycles. The minimum absolute atomic E-state index is 0.182. The second-order valence-corrected chi connectivity index (χ2v) is 3.81. The van der Waals surface area contributed by atoms with E-state index in [1.54, 1.807) is 11.8 Å². The van der Waals surface area contributed by atoms with E-state index in [4.69, 9.17) is 10.2 Å². The SMILES string of the molecule is O=C(O)CCNCCSCCCO. The van der Waals surface area contributed by atoms with Gasteiger partial charge in [-0.3, -0.25) is 4.79 Å². The molecule has 0 aromatic rings. The van der Waals surface area contributed by atoms with Gasteiger partial charge in [-0.2, -0.15) is 11.8 Å². The summed E-state index contributed by atoms with van der Waals surface area (Å²) in [5.74, 6) is 1.18. The lowest BCUT2D eigenvalue weighted by atomic mass is 10.4. The molecular weight excluding hydrogens is 190 g/mol. The molecular formula is C8H17NO3S. The topological polar surface area (TPSA) is 69.6 Å². The zero-order valence-electron chi connectivity index (χ0n) is 7.66. The van der Waals surface area contributed by atoms with Crippen LogP contribution < -0.4 is 5.32 Å². The number of carboxylic acid groups (broad SMARTS) is 1. The monoisotopic (exact) mass is 207 g/mol. The molecule has 3 N–H and O–H groups in total. The predicted molar refractivity (Wildman–Crippen MR) is 54.2 cm³/mol. The quantitative estimate of drug-likeness (QED) is 0.470. The molecule has 0 aliphatic rings. The normalized spacial score (nSPS) is 10.2. The molecule has 0 aliphatic heterocycles. The molecule has 0 saturated carbocycles. The first-order chi connectivity index (χ1) is 6.27. The van der Waals surface area contributed by atoms with Gasteiger partial charge in [0.05, 0.1) is 6.42 Å². The van der Waals surface area contributed by atoms with Crippen LogP contribution in [-0.2, 0) is 4.79 Å². The molecule has 0 unspecified atom stereocenters. The predicted octanol–water partition coefficient (Wildman–Crippen LogP) is 0.166. The van der Waals surface area contributed by atoms with Gasteiger partial charge in [0.2, 0.25) is 0 Å². The molecule has 0 rings (SSSR count). The van der Waals surface area contributed by atoms with Crippen molar-refractivity contribution in [1.29, 1.82) is 0 Å². The van der Waals surface area contributed by atoms with E-state index in [1.807, 2.05) is 0 Å². The molecule has 0 aromatic heterocycles. The fourth-order valence-corrected chi connectivity index (χ4v) is 1.56. The molecule has 78 valence electrons. The van der Waals surface area contributed by atoms with Crippen LogP contribution in [-0.4, -0.2) is 47.4 Å². The van der Waals surface area contributed by atoms with Crippen LogP contribution >= 0.6 is 11.8 Å². The van der Waals surface area contributed by atoms with Gasteiger partial charge in [0.25, 0.3) is 0 Å². The average Bonchev–Trinajstić information content (AvgIpc) is 2.09. The molecule has 0 radical (unpaired) electrons. The van der Waals surface area contributed by atoms with Crippen molar-refractivity contribution in [3.05, 3.63) is 0 Å². The molecule has 0 saturated heterocycles. The van der Waals surface area contributed by atoms with Crippen LogP contribution in [0, 0.1) is 0 Å². The number of rotatable bonds is 9. The highest BCUT2D eigenvalue weighted by molar-refractivity contribution is 7.99. The van der Waals surface area contributed by atoms with Crippen LogP contribution in [0.3, 0.4) is 0 Å². The summed E-state index contributed by atoms with van der Waals surface area (Å²) < 4.78 is 0. The summed E-state index contributed by atoms with van der Waals surface area (Å²) >= 11 is 1.77. The Morgan fingerprint density at radius 3 is 2.69 bits per heavy atom. The zero-order valence-corrected chi connectivity index (χ0v) is 8.48. The third-order valence-corrected chi connectivity index (χ3v) is 2.46.